The van der Waals surface area contributed by atoms with Gasteiger partial charge in [-0.15, -0.1) is 0 Å². The van der Waals surface area contributed by atoms with Crippen LogP contribution in [-0.4, -0.2) is 43.1 Å². The molecule has 0 saturated carbocycles. The van der Waals surface area contributed by atoms with Crippen molar-refractivity contribution in [2.45, 2.75) is 19.3 Å². The zero-order valence-electron chi connectivity index (χ0n) is 12.1. The quantitative estimate of drug-likeness (QED) is 0.827. The van der Waals surface area contributed by atoms with Crippen molar-refractivity contribution >= 4 is 35.2 Å². The Hall–Kier alpha value is -1.46. The number of hydrogen-bond acceptors (Lipinski definition) is 3. The summed E-state index contributed by atoms with van der Waals surface area (Å²) in [6.45, 7) is 2.13. The highest BCUT2D eigenvalue weighted by Gasteiger charge is 2.21. The van der Waals surface area contributed by atoms with E-state index in [2.05, 4.69) is 5.32 Å². The van der Waals surface area contributed by atoms with Crippen molar-refractivity contribution in [2.24, 2.45) is 0 Å². The number of halogens is 2. The Morgan fingerprint density at radius 1 is 1.27 bits per heavy atom. The predicted molar refractivity (Wildman–Crippen MR) is 85.3 cm³/mol. The number of nitrogens with one attached hydrogen (secondary N) is 1. The Balaban J connectivity index is 1.62. The zero-order valence-corrected chi connectivity index (χ0v) is 13.6. The van der Waals surface area contributed by atoms with Crippen LogP contribution in [0.2, 0.25) is 10.0 Å². The summed E-state index contributed by atoms with van der Waals surface area (Å²) in [6, 6.07) is 5.34. The van der Waals surface area contributed by atoms with Crippen molar-refractivity contribution in [3.05, 3.63) is 33.8 Å². The van der Waals surface area contributed by atoms with Crippen molar-refractivity contribution in [1.29, 1.82) is 0 Å². The van der Waals surface area contributed by atoms with Gasteiger partial charge < -0.3 is 15.0 Å². The standard InChI is InChI=1S/C15H18Cl2N2O3/c16-12-8-11(9-13(17)10-12)3-4-18-14(20)2-1-5-19-6-7-22-15(19)21/h8-10H,1-7H2,(H,18,20). The van der Waals surface area contributed by atoms with Crippen LogP contribution in [0.4, 0.5) is 4.79 Å². The molecule has 1 N–H and O–H groups in total. The average Bonchev–Trinajstić information content (AvgIpc) is 2.83. The number of cyclic esters (lactones) is 1. The van der Waals surface area contributed by atoms with Gasteiger partial charge >= 0.3 is 6.09 Å². The Labute approximate surface area is 139 Å². The molecule has 0 atom stereocenters. The fourth-order valence-corrected chi connectivity index (χ4v) is 2.82. The highest BCUT2D eigenvalue weighted by atomic mass is 35.5. The number of rotatable bonds is 7. The summed E-state index contributed by atoms with van der Waals surface area (Å²) in [5.41, 5.74) is 0.984. The van der Waals surface area contributed by atoms with Gasteiger partial charge in [-0.05, 0) is 36.6 Å². The number of ether oxygens (including phenoxy) is 1. The van der Waals surface area contributed by atoms with Crippen molar-refractivity contribution in [3.63, 3.8) is 0 Å². The minimum Gasteiger partial charge on any atom is -0.448 e. The molecule has 1 fully saturated rings. The summed E-state index contributed by atoms with van der Waals surface area (Å²) in [6.07, 6.45) is 1.40. The van der Waals surface area contributed by atoms with Gasteiger partial charge in [-0.25, -0.2) is 4.79 Å². The molecule has 1 aliphatic rings. The molecule has 2 rings (SSSR count). The number of nitrogens with zero attached hydrogens (tertiary/aromatic N) is 1. The molecule has 0 radical (unpaired) electrons. The van der Waals surface area contributed by atoms with Crippen LogP contribution in [0.25, 0.3) is 0 Å². The second kappa shape index (κ2) is 8.25. The van der Waals surface area contributed by atoms with Gasteiger partial charge in [0.15, 0.2) is 0 Å². The van der Waals surface area contributed by atoms with E-state index in [0.29, 0.717) is 55.5 Å². The third-order valence-electron chi connectivity index (χ3n) is 3.33. The minimum absolute atomic E-state index is 0.0271. The van der Waals surface area contributed by atoms with Crippen LogP contribution >= 0.6 is 23.2 Å². The summed E-state index contributed by atoms with van der Waals surface area (Å²) in [5, 5.41) is 4.03. The molecule has 2 amide bonds. The predicted octanol–water partition coefficient (Wildman–Crippen LogP) is 2.88. The van der Waals surface area contributed by atoms with E-state index in [9.17, 15) is 9.59 Å². The number of carbonyl (C=O) groups is 2. The lowest BCUT2D eigenvalue weighted by molar-refractivity contribution is -0.121. The smallest absolute Gasteiger partial charge is 0.409 e. The van der Waals surface area contributed by atoms with Gasteiger partial charge in [0.1, 0.15) is 6.61 Å². The fraction of sp³-hybridized carbons (Fsp3) is 0.467. The third-order valence-corrected chi connectivity index (χ3v) is 3.77. The van der Waals surface area contributed by atoms with E-state index in [-0.39, 0.29) is 12.0 Å². The first-order valence-electron chi connectivity index (χ1n) is 7.18. The monoisotopic (exact) mass is 344 g/mol. The van der Waals surface area contributed by atoms with Crippen LogP contribution in [0.3, 0.4) is 0 Å². The van der Waals surface area contributed by atoms with Crippen molar-refractivity contribution in [2.75, 3.05) is 26.2 Å². The number of hydrogen-bond donors (Lipinski definition) is 1. The number of carbonyl (C=O) groups excluding carboxylic acids is 2. The molecule has 0 aromatic heterocycles. The Bertz CT molecular complexity index is 531. The van der Waals surface area contributed by atoms with Crippen LogP contribution in [-0.2, 0) is 16.0 Å². The van der Waals surface area contributed by atoms with Gasteiger partial charge in [-0.2, -0.15) is 0 Å². The highest BCUT2D eigenvalue weighted by molar-refractivity contribution is 6.34. The largest absolute Gasteiger partial charge is 0.448 e. The average molecular weight is 345 g/mol. The van der Waals surface area contributed by atoms with E-state index in [1.54, 1.807) is 11.0 Å². The summed E-state index contributed by atoms with van der Waals surface area (Å²) in [5.74, 6) is -0.0271. The second-order valence-corrected chi connectivity index (χ2v) is 5.96. The van der Waals surface area contributed by atoms with E-state index in [0.717, 1.165) is 5.56 Å². The van der Waals surface area contributed by atoms with Crippen LogP contribution in [0.1, 0.15) is 18.4 Å². The molecule has 1 heterocycles. The topological polar surface area (TPSA) is 58.6 Å². The van der Waals surface area contributed by atoms with Crippen LogP contribution < -0.4 is 5.32 Å². The summed E-state index contributed by atoms with van der Waals surface area (Å²) in [7, 11) is 0. The maximum absolute atomic E-state index is 11.7. The van der Waals surface area contributed by atoms with Crippen molar-refractivity contribution < 1.29 is 14.3 Å². The van der Waals surface area contributed by atoms with Gasteiger partial charge in [0.05, 0.1) is 6.54 Å². The lowest BCUT2D eigenvalue weighted by Crippen LogP contribution is -2.29. The molecule has 1 aromatic rings. The lowest BCUT2D eigenvalue weighted by atomic mass is 10.1. The molecule has 0 aliphatic carbocycles. The maximum Gasteiger partial charge on any atom is 0.409 e. The lowest BCUT2D eigenvalue weighted by Gasteiger charge is -2.12. The third kappa shape index (κ3) is 5.39. The Kier molecular flexibility index (Phi) is 6.34. The molecule has 1 aliphatic heterocycles. The molecule has 22 heavy (non-hydrogen) atoms. The van der Waals surface area contributed by atoms with E-state index >= 15 is 0 Å². The van der Waals surface area contributed by atoms with Gasteiger partial charge in [0.25, 0.3) is 0 Å². The molecular formula is C15H18Cl2N2O3. The zero-order chi connectivity index (χ0) is 15.9. The number of benzene rings is 1. The molecular weight excluding hydrogens is 327 g/mol. The minimum atomic E-state index is -0.293. The normalized spacial score (nSPS) is 14.1. The first kappa shape index (κ1) is 16.9. The van der Waals surface area contributed by atoms with Crippen molar-refractivity contribution in [1.82, 2.24) is 10.2 Å². The molecule has 120 valence electrons. The number of amides is 2. The summed E-state index contributed by atoms with van der Waals surface area (Å²) in [4.78, 5) is 24.6. The van der Waals surface area contributed by atoms with Gasteiger partial charge in [-0.1, -0.05) is 23.2 Å². The van der Waals surface area contributed by atoms with Gasteiger partial charge in [-0.3, -0.25) is 4.79 Å². The first-order valence-corrected chi connectivity index (χ1v) is 7.93. The van der Waals surface area contributed by atoms with E-state index in [1.165, 1.54) is 0 Å². The summed E-state index contributed by atoms with van der Waals surface area (Å²) < 4.78 is 4.82. The first-order chi connectivity index (χ1) is 10.5. The second-order valence-electron chi connectivity index (χ2n) is 5.08. The van der Waals surface area contributed by atoms with Crippen molar-refractivity contribution in [3.8, 4) is 0 Å². The summed E-state index contributed by atoms with van der Waals surface area (Å²) >= 11 is 11.8. The molecule has 0 unspecified atom stereocenters. The van der Waals surface area contributed by atoms with E-state index < -0.39 is 0 Å². The molecule has 1 aromatic carbocycles. The van der Waals surface area contributed by atoms with Gasteiger partial charge in [0.2, 0.25) is 5.91 Å². The highest BCUT2D eigenvalue weighted by Crippen LogP contribution is 2.19. The van der Waals surface area contributed by atoms with Crippen LogP contribution in [0.15, 0.2) is 18.2 Å². The molecule has 1 saturated heterocycles. The van der Waals surface area contributed by atoms with E-state index in [4.69, 9.17) is 27.9 Å². The molecule has 0 bridgehead atoms. The maximum atomic E-state index is 11.7. The van der Waals surface area contributed by atoms with Crippen LogP contribution in [0, 0.1) is 0 Å². The SMILES string of the molecule is O=C(CCCN1CCOC1=O)NCCc1cc(Cl)cc(Cl)c1. The van der Waals surface area contributed by atoms with E-state index in [1.807, 2.05) is 12.1 Å². The Morgan fingerprint density at radius 3 is 2.64 bits per heavy atom. The molecule has 0 spiro atoms. The van der Waals surface area contributed by atoms with Crippen LogP contribution in [0.5, 0.6) is 0 Å². The fourth-order valence-electron chi connectivity index (χ4n) is 2.25. The molecule has 7 heteroatoms. The molecule has 5 nitrogen and oxygen atoms in total. The van der Waals surface area contributed by atoms with Gasteiger partial charge in [0, 0.05) is 29.6 Å². The Morgan fingerprint density at radius 2 is 2.00 bits per heavy atom.